The van der Waals surface area contributed by atoms with Crippen molar-refractivity contribution in [2.75, 3.05) is 0 Å². The summed E-state index contributed by atoms with van der Waals surface area (Å²) in [6, 6.07) is 4.59. The van der Waals surface area contributed by atoms with Crippen molar-refractivity contribution in [1.82, 2.24) is 5.32 Å². The van der Waals surface area contributed by atoms with Crippen molar-refractivity contribution >= 4 is 29.1 Å². The highest BCUT2D eigenvalue weighted by Gasteiger charge is 2.26. The standard InChI is InChI=1S/C15H17Cl2NO2/c1-9(18-15(20)10-5-2-3-6-10)14(19)13-11(16)7-4-8-12(13)17/h2-4,7-10,14,19H,5-6H2,1H3,(H,18,20)/t9-,14+/m0/s1. The second-order valence-corrected chi connectivity index (χ2v) is 5.83. The van der Waals surface area contributed by atoms with Crippen LogP contribution in [0.2, 0.25) is 10.0 Å². The topological polar surface area (TPSA) is 49.3 Å². The maximum atomic E-state index is 12.0. The van der Waals surface area contributed by atoms with Crippen molar-refractivity contribution in [3.05, 3.63) is 46.0 Å². The summed E-state index contributed by atoms with van der Waals surface area (Å²) in [5.41, 5.74) is 0.452. The molecule has 0 aliphatic heterocycles. The summed E-state index contributed by atoms with van der Waals surface area (Å²) < 4.78 is 0. The zero-order chi connectivity index (χ0) is 14.7. The molecule has 1 aliphatic carbocycles. The largest absolute Gasteiger partial charge is 0.386 e. The van der Waals surface area contributed by atoms with Gasteiger partial charge in [0.05, 0.1) is 6.04 Å². The number of amides is 1. The van der Waals surface area contributed by atoms with E-state index in [1.54, 1.807) is 25.1 Å². The lowest BCUT2D eigenvalue weighted by atomic mass is 10.0. The molecular weight excluding hydrogens is 297 g/mol. The first kappa shape index (κ1) is 15.4. The number of hydrogen-bond donors (Lipinski definition) is 2. The first-order valence-corrected chi connectivity index (χ1v) is 7.33. The van der Waals surface area contributed by atoms with E-state index in [9.17, 15) is 9.90 Å². The summed E-state index contributed by atoms with van der Waals surface area (Å²) in [5, 5.41) is 14.0. The minimum atomic E-state index is -0.936. The second-order valence-electron chi connectivity index (χ2n) is 5.02. The summed E-state index contributed by atoms with van der Waals surface area (Å²) in [6.45, 7) is 1.74. The Kier molecular flexibility index (Phi) is 5.08. The number of rotatable bonds is 4. The van der Waals surface area contributed by atoms with Gasteiger partial charge in [-0.1, -0.05) is 41.4 Å². The number of aliphatic hydroxyl groups is 1. The molecule has 1 aliphatic rings. The van der Waals surface area contributed by atoms with Gasteiger partial charge < -0.3 is 10.4 Å². The molecular formula is C15H17Cl2NO2. The van der Waals surface area contributed by atoms with E-state index < -0.39 is 12.1 Å². The van der Waals surface area contributed by atoms with Crippen molar-refractivity contribution in [3.8, 4) is 0 Å². The maximum Gasteiger partial charge on any atom is 0.224 e. The van der Waals surface area contributed by atoms with E-state index >= 15 is 0 Å². The van der Waals surface area contributed by atoms with E-state index in [1.165, 1.54) is 0 Å². The van der Waals surface area contributed by atoms with Gasteiger partial charge in [0.15, 0.2) is 0 Å². The molecule has 0 bridgehead atoms. The Morgan fingerprint density at radius 3 is 2.40 bits per heavy atom. The predicted molar refractivity (Wildman–Crippen MR) is 80.9 cm³/mol. The highest BCUT2D eigenvalue weighted by Crippen LogP contribution is 2.32. The fraction of sp³-hybridized carbons (Fsp3) is 0.400. The number of nitrogens with one attached hydrogen (secondary N) is 1. The molecule has 2 N–H and O–H groups in total. The van der Waals surface area contributed by atoms with E-state index in [1.807, 2.05) is 12.2 Å². The van der Waals surface area contributed by atoms with Gasteiger partial charge in [0, 0.05) is 21.5 Å². The van der Waals surface area contributed by atoms with Crippen molar-refractivity contribution in [2.24, 2.45) is 5.92 Å². The smallest absolute Gasteiger partial charge is 0.224 e. The lowest BCUT2D eigenvalue weighted by Gasteiger charge is -2.23. The third-order valence-corrected chi connectivity index (χ3v) is 4.18. The van der Waals surface area contributed by atoms with Gasteiger partial charge in [0.2, 0.25) is 5.91 Å². The molecule has 1 amide bonds. The predicted octanol–water partition coefficient (Wildman–Crippen LogP) is 3.50. The van der Waals surface area contributed by atoms with Crippen LogP contribution in [0, 0.1) is 5.92 Å². The van der Waals surface area contributed by atoms with E-state index in [0.29, 0.717) is 15.6 Å². The average Bonchev–Trinajstić information content (AvgIpc) is 2.92. The van der Waals surface area contributed by atoms with Crippen LogP contribution in [0.4, 0.5) is 0 Å². The normalized spacial score (nSPS) is 18.0. The molecule has 0 radical (unpaired) electrons. The molecule has 0 saturated heterocycles. The first-order chi connectivity index (χ1) is 9.50. The fourth-order valence-corrected chi connectivity index (χ4v) is 2.92. The van der Waals surface area contributed by atoms with Crippen LogP contribution in [0.5, 0.6) is 0 Å². The Balaban J connectivity index is 2.05. The number of aliphatic hydroxyl groups excluding tert-OH is 1. The van der Waals surface area contributed by atoms with Gasteiger partial charge in [-0.05, 0) is 31.9 Å². The van der Waals surface area contributed by atoms with Gasteiger partial charge in [0.25, 0.3) is 0 Å². The molecule has 0 aromatic heterocycles. The SMILES string of the molecule is C[C@H](NC(=O)C1CC=CC1)[C@@H](O)c1c(Cl)cccc1Cl. The average molecular weight is 314 g/mol. The number of carbonyl (C=O) groups is 1. The van der Waals surface area contributed by atoms with Crippen molar-refractivity contribution < 1.29 is 9.90 Å². The van der Waals surface area contributed by atoms with Crippen molar-refractivity contribution in [3.63, 3.8) is 0 Å². The molecule has 0 spiro atoms. The first-order valence-electron chi connectivity index (χ1n) is 6.58. The van der Waals surface area contributed by atoms with Gasteiger partial charge in [-0.25, -0.2) is 0 Å². The molecule has 5 heteroatoms. The molecule has 20 heavy (non-hydrogen) atoms. The third kappa shape index (κ3) is 3.35. The van der Waals surface area contributed by atoms with E-state index in [2.05, 4.69) is 5.32 Å². The zero-order valence-electron chi connectivity index (χ0n) is 11.1. The Morgan fingerprint density at radius 2 is 1.85 bits per heavy atom. The van der Waals surface area contributed by atoms with Crippen LogP contribution in [0.1, 0.15) is 31.4 Å². The molecule has 2 rings (SSSR count). The van der Waals surface area contributed by atoms with E-state index in [-0.39, 0.29) is 11.8 Å². The third-order valence-electron chi connectivity index (χ3n) is 3.52. The van der Waals surface area contributed by atoms with Gasteiger partial charge in [-0.3, -0.25) is 4.79 Å². The highest BCUT2D eigenvalue weighted by molar-refractivity contribution is 6.36. The molecule has 0 fully saturated rings. The van der Waals surface area contributed by atoms with Gasteiger partial charge >= 0.3 is 0 Å². The maximum absolute atomic E-state index is 12.0. The lowest BCUT2D eigenvalue weighted by molar-refractivity contribution is -0.126. The van der Waals surface area contributed by atoms with Gasteiger partial charge in [0.1, 0.15) is 6.10 Å². The van der Waals surface area contributed by atoms with Gasteiger partial charge in [-0.2, -0.15) is 0 Å². The number of halogens is 2. The molecule has 2 atom stereocenters. The van der Waals surface area contributed by atoms with Crippen LogP contribution >= 0.6 is 23.2 Å². The summed E-state index contributed by atoms with van der Waals surface area (Å²) in [6.07, 6.45) is 4.56. The van der Waals surface area contributed by atoms with E-state index in [4.69, 9.17) is 23.2 Å². The minimum Gasteiger partial charge on any atom is -0.386 e. The van der Waals surface area contributed by atoms with Crippen LogP contribution in [0.3, 0.4) is 0 Å². The summed E-state index contributed by atoms with van der Waals surface area (Å²) in [7, 11) is 0. The summed E-state index contributed by atoms with van der Waals surface area (Å²) in [4.78, 5) is 12.0. The van der Waals surface area contributed by atoms with Crippen LogP contribution < -0.4 is 5.32 Å². The number of hydrogen-bond acceptors (Lipinski definition) is 2. The van der Waals surface area contributed by atoms with E-state index in [0.717, 1.165) is 12.8 Å². The second kappa shape index (κ2) is 6.61. The van der Waals surface area contributed by atoms with Crippen LogP contribution in [0.15, 0.2) is 30.4 Å². The van der Waals surface area contributed by atoms with Crippen molar-refractivity contribution in [2.45, 2.75) is 31.9 Å². The Labute approximate surface area is 128 Å². The summed E-state index contributed by atoms with van der Waals surface area (Å²) in [5.74, 6) is -0.0870. The quantitative estimate of drug-likeness (QED) is 0.836. The molecule has 3 nitrogen and oxygen atoms in total. The van der Waals surface area contributed by atoms with Crippen LogP contribution in [-0.2, 0) is 4.79 Å². The minimum absolute atomic E-state index is 0.0358. The summed E-state index contributed by atoms with van der Waals surface area (Å²) >= 11 is 12.1. The molecule has 1 aromatic carbocycles. The van der Waals surface area contributed by atoms with Crippen molar-refractivity contribution in [1.29, 1.82) is 0 Å². The zero-order valence-corrected chi connectivity index (χ0v) is 12.7. The number of allylic oxidation sites excluding steroid dienone is 2. The molecule has 0 saturated carbocycles. The Morgan fingerprint density at radius 1 is 1.30 bits per heavy atom. The Hall–Kier alpha value is -1.03. The van der Waals surface area contributed by atoms with Crippen LogP contribution in [0.25, 0.3) is 0 Å². The molecule has 1 aromatic rings. The highest BCUT2D eigenvalue weighted by atomic mass is 35.5. The monoisotopic (exact) mass is 313 g/mol. The fourth-order valence-electron chi connectivity index (χ4n) is 2.30. The number of benzene rings is 1. The van der Waals surface area contributed by atoms with Gasteiger partial charge in [-0.15, -0.1) is 0 Å². The lowest BCUT2D eigenvalue weighted by Crippen LogP contribution is -2.40. The number of carbonyl (C=O) groups excluding carboxylic acids is 1. The Bertz CT molecular complexity index is 502. The van der Waals surface area contributed by atoms with Crippen LogP contribution in [-0.4, -0.2) is 17.1 Å². The molecule has 108 valence electrons. The molecule has 0 heterocycles. The molecule has 0 unspecified atom stereocenters.